The van der Waals surface area contributed by atoms with Crippen LogP contribution in [-0.2, 0) is 6.42 Å². The Kier molecular flexibility index (Phi) is 4.02. The molecule has 0 saturated heterocycles. The van der Waals surface area contributed by atoms with Gasteiger partial charge >= 0.3 is 5.97 Å². The van der Waals surface area contributed by atoms with Gasteiger partial charge in [-0.05, 0) is 17.9 Å². The van der Waals surface area contributed by atoms with Crippen LogP contribution in [0.15, 0.2) is 51.3 Å². The molecule has 7 heteroatoms. The highest BCUT2D eigenvalue weighted by Crippen LogP contribution is 2.46. The van der Waals surface area contributed by atoms with E-state index < -0.39 is 11.4 Å². The smallest absolute Gasteiger partial charge is 0.341 e. The Morgan fingerprint density at radius 2 is 2.10 bits per heavy atom. The number of thiazole rings is 1. The fraction of sp³-hybridized carbons (Fsp3) is 0.261. The zero-order valence-corrected chi connectivity index (χ0v) is 17.6. The molecule has 5 rings (SSSR count). The van der Waals surface area contributed by atoms with Gasteiger partial charge in [0, 0.05) is 46.4 Å². The number of rotatable bonds is 2. The van der Waals surface area contributed by atoms with E-state index in [9.17, 15) is 14.7 Å². The Bertz CT molecular complexity index is 1360. The highest BCUT2D eigenvalue weighted by molar-refractivity contribution is 7.13. The van der Waals surface area contributed by atoms with Crippen molar-refractivity contribution in [3.8, 4) is 22.0 Å². The van der Waals surface area contributed by atoms with Crippen molar-refractivity contribution < 1.29 is 14.3 Å². The first-order valence-corrected chi connectivity index (χ1v) is 10.6. The monoisotopic (exact) mass is 420 g/mol. The van der Waals surface area contributed by atoms with E-state index in [1.54, 1.807) is 17.5 Å². The molecule has 0 spiro atoms. The Morgan fingerprint density at radius 1 is 1.30 bits per heavy atom. The van der Waals surface area contributed by atoms with Gasteiger partial charge in [0.05, 0.1) is 5.69 Å². The summed E-state index contributed by atoms with van der Waals surface area (Å²) in [4.78, 5) is 28.4. The van der Waals surface area contributed by atoms with Crippen molar-refractivity contribution in [2.24, 2.45) is 5.41 Å². The van der Waals surface area contributed by atoms with Crippen LogP contribution in [0.1, 0.15) is 42.7 Å². The Hall–Kier alpha value is -3.19. The second kappa shape index (κ2) is 6.40. The first-order valence-electron chi connectivity index (χ1n) is 9.69. The van der Waals surface area contributed by atoms with Crippen molar-refractivity contribution in [2.75, 3.05) is 0 Å². The van der Waals surface area contributed by atoms with E-state index in [1.807, 2.05) is 28.1 Å². The van der Waals surface area contributed by atoms with E-state index in [-0.39, 0.29) is 17.0 Å². The summed E-state index contributed by atoms with van der Waals surface area (Å²) in [5.74, 6) is -0.581. The second-order valence-corrected chi connectivity index (χ2v) is 9.59. The number of hydrogen-bond donors (Lipinski definition) is 1. The maximum atomic E-state index is 12.5. The van der Waals surface area contributed by atoms with Crippen molar-refractivity contribution in [2.45, 2.75) is 33.2 Å². The first kappa shape index (κ1) is 18.8. The lowest BCUT2D eigenvalue weighted by Gasteiger charge is -2.37. The van der Waals surface area contributed by atoms with Crippen LogP contribution in [0.5, 0.6) is 0 Å². The number of pyridine rings is 1. The molecule has 1 N–H and O–H groups in total. The third-order valence-electron chi connectivity index (χ3n) is 5.75. The summed E-state index contributed by atoms with van der Waals surface area (Å²) in [5, 5.41) is 13.3. The summed E-state index contributed by atoms with van der Waals surface area (Å²) < 4.78 is 8.14. The van der Waals surface area contributed by atoms with Gasteiger partial charge in [-0.25, -0.2) is 9.78 Å². The number of fused-ring (bicyclic) bond motifs is 5. The molecule has 1 aliphatic heterocycles. The number of hydrogen-bond acceptors (Lipinski definition) is 5. The number of carboxylic acids is 1. The highest BCUT2D eigenvalue weighted by Gasteiger charge is 2.36. The van der Waals surface area contributed by atoms with E-state index in [1.165, 1.54) is 12.3 Å². The number of carbonyl (C=O) groups is 1. The van der Waals surface area contributed by atoms with Crippen LogP contribution in [-0.4, -0.2) is 20.6 Å². The lowest BCUT2D eigenvalue weighted by Crippen LogP contribution is -2.32. The molecule has 6 nitrogen and oxygen atoms in total. The molecule has 0 amide bonds. The topological polar surface area (TPSA) is 85.3 Å². The van der Waals surface area contributed by atoms with Crippen LogP contribution < -0.4 is 5.43 Å². The van der Waals surface area contributed by atoms with E-state index >= 15 is 0 Å². The van der Waals surface area contributed by atoms with Crippen LogP contribution >= 0.6 is 11.3 Å². The van der Waals surface area contributed by atoms with Gasteiger partial charge in [-0.15, -0.1) is 11.3 Å². The Balaban J connectivity index is 1.77. The van der Waals surface area contributed by atoms with E-state index in [0.717, 1.165) is 27.1 Å². The minimum absolute atomic E-state index is 0.0156. The summed E-state index contributed by atoms with van der Waals surface area (Å²) in [5.41, 5.74) is 2.51. The van der Waals surface area contributed by atoms with Crippen LogP contribution in [0, 0.1) is 5.41 Å². The fourth-order valence-electron chi connectivity index (χ4n) is 4.22. The summed E-state index contributed by atoms with van der Waals surface area (Å²) >= 11 is 1.56. The molecule has 3 aromatic heterocycles. The molecule has 1 unspecified atom stereocenters. The molecule has 0 bridgehead atoms. The highest BCUT2D eigenvalue weighted by atomic mass is 32.1. The lowest BCUT2D eigenvalue weighted by molar-refractivity contribution is 0.0693. The molecule has 0 fully saturated rings. The molecule has 1 atom stereocenters. The van der Waals surface area contributed by atoms with Crippen LogP contribution in [0.2, 0.25) is 0 Å². The predicted molar refractivity (Wildman–Crippen MR) is 116 cm³/mol. The summed E-state index contributed by atoms with van der Waals surface area (Å²) in [6, 6.07) is 7.45. The molecule has 0 saturated carbocycles. The van der Waals surface area contributed by atoms with Gasteiger partial charge in [0.1, 0.15) is 16.2 Å². The van der Waals surface area contributed by atoms with Gasteiger partial charge < -0.3 is 14.1 Å². The zero-order chi connectivity index (χ0) is 21.2. The maximum Gasteiger partial charge on any atom is 0.341 e. The number of aromatic carboxylic acids is 1. The number of benzene rings is 1. The van der Waals surface area contributed by atoms with Crippen LogP contribution in [0.4, 0.5) is 0 Å². The average molecular weight is 420 g/mol. The van der Waals surface area contributed by atoms with Crippen LogP contribution in [0.25, 0.3) is 33.0 Å². The SMILES string of the molecule is CC(C)(C)C1Cc2c(oc3cc(-c4nccs4)ccc23)-c2cc(=O)c(C(=O)O)cn21. The quantitative estimate of drug-likeness (QED) is 0.480. The number of furan rings is 1. The summed E-state index contributed by atoms with van der Waals surface area (Å²) in [6.45, 7) is 6.36. The second-order valence-electron chi connectivity index (χ2n) is 8.69. The average Bonchev–Trinajstić information content (AvgIpc) is 3.33. The molecule has 30 heavy (non-hydrogen) atoms. The minimum atomic E-state index is -1.22. The van der Waals surface area contributed by atoms with E-state index in [4.69, 9.17) is 4.42 Å². The largest absolute Gasteiger partial charge is 0.477 e. The number of carboxylic acid groups (broad SMARTS) is 1. The van der Waals surface area contributed by atoms with Crippen molar-refractivity contribution in [1.82, 2.24) is 9.55 Å². The van der Waals surface area contributed by atoms with Gasteiger partial charge in [0.25, 0.3) is 0 Å². The fourth-order valence-corrected chi connectivity index (χ4v) is 4.86. The molecule has 1 aliphatic rings. The normalized spacial score (nSPS) is 15.8. The minimum Gasteiger partial charge on any atom is -0.477 e. The van der Waals surface area contributed by atoms with Gasteiger partial charge in [-0.3, -0.25) is 4.79 Å². The van der Waals surface area contributed by atoms with E-state index in [0.29, 0.717) is 17.9 Å². The molecule has 4 aromatic rings. The Morgan fingerprint density at radius 3 is 2.77 bits per heavy atom. The van der Waals surface area contributed by atoms with E-state index in [2.05, 4.69) is 25.8 Å². The lowest BCUT2D eigenvalue weighted by atomic mass is 9.80. The zero-order valence-electron chi connectivity index (χ0n) is 16.8. The Labute approximate surface area is 176 Å². The van der Waals surface area contributed by atoms with Gasteiger partial charge in [0.2, 0.25) is 0 Å². The molecular formula is C23H20N2O4S. The van der Waals surface area contributed by atoms with Crippen molar-refractivity contribution in [3.05, 3.63) is 63.4 Å². The summed E-state index contributed by atoms with van der Waals surface area (Å²) in [6.07, 6.45) is 3.93. The molecule has 4 heterocycles. The third-order valence-corrected chi connectivity index (χ3v) is 6.57. The number of nitrogens with zero attached hydrogens (tertiary/aromatic N) is 2. The van der Waals surface area contributed by atoms with Gasteiger partial charge in [-0.1, -0.05) is 32.9 Å². The molecule has 0 aliphatic carbocycles. The van der Waals surface area contributed by atoms with Gasteiger partial charge in [-0.2, -0.15) is 0 Å². The van der Waals surface area contributed by atoms with Crippen LogP contribution in [0.3, 0.4) is 0 Å². The number of aromatic nitrogens is 2. The molecule has 1 aromatic carbocycles. The molecule has 0 radical (unpaired) electrons. The van der Waals surface area contributed by atoms with Gasteiger partial charge in [0.15, 0.2) is 11.2 Å². The third kappa shape index (κ3) is 2.81. The van der Waals surface area contributed by atoms with Crippen molar-refractivity contribution in [1.29, 1.82) is 0 Å². The molecule has 152 valence electrons. The predicted octanol–water partition coefficient (Wildman–Crippen LogP) is 5.23. The standard InChI is InChI=1S/C23H20N2O4S/c1-23(2,3)19-9-14-13-5-4-12(21-24-6-7-30-21)8-18(13)29-20(14)16-10-17(26)15(22(27)28)11-25(16)19/h4-8,10-11,19H,9H2,1-3H3,(H,27,28). The first-order chi connectivity index (χ1) is 14.2. The molecular weight excluding hydrogens is 400 g/mol. The van der Waals surface area contributed by atoms with Crippen molar-refractivity contribution in [3.63, 3.8) is 0 Å². The summed E-state index contributed by atoms with van der Waals surface area (Å²) in [7, 11) is 0. The van der Waals surface area contributed by atoms with Crippen molar-refractivity contribution >= 4 is 28.3 Å². The maximum absolute atomic E-state index is 12.5.